The van der Waals surface area contributed by atoms with Gasteiger partial charge in [-0.15, -0.1) is 0 Å². The molecule has 0 heterocycles. The van der Waals surface area contributed by atoms with E-state index in [0.717, 1.165) is 0 Å². The van der Waals surface area contributed by atoms with E-state index < -0.39 is 46.6 Å². The van der Waals surface area contributed by atoms with Crippen LogP contribution in [0.1, 0.15) is 11.1 Å². The molecule has 0 atom stereocenters. The second-order valence-electron chi connectivity index (χ2n) is 3.91. The number of alkyl halides is 8. The Morgan fingerprint density at radius 3 is 1.82 bits per heavy atom. The Bertz CT molecular complexity index is 508. The predicted octanol–water partition coefficient (Wildman–Crippen LogP) is 4.62. The quantitative estimate of drug-likeness (QED) is 0.801. The highest BCUT2D eigenvalue weighted by Crippen LogP contribution is 2.37. The summed E-state index contributed by atoms with van der Waals surface area (Å²) in [5.74, 6) is -4.84. The fourth-order valence-corrected chi connectivity index (χ4v) is 1.71. The molecule has 1 rings (SSSR count). The summed E-state index contributed by atoms with van der Waals surface area (Å²) in [4.78, 5) is 11.2. The molecule has 22 heavy (non-hydrogen) atoms. The number of nitrogens with one attached hydrogen (secondary N) is 1. The molecular formula is C11H7F8NOS. The lowest BCUT2D eigenvalue weighted by Gasteiger charge is -2.14. The summed E-state index contributed by atoms with van der Waals surface area (Å²) in [7, 11) is 0. The third kappa shape index (κ3) is 5.70. The van der Waals surface area contributed by atoms with Crippen molar-refractivity contribution in [3.8, 4) is 0 Å². The van der Waals surface area contributed by atoms with Crippen LogP contribution in [0.3, 0.4) is 0 Å². The Balaban J connectivity index is 3.06. The lowest BCUT2D eigenvalue weighted by atomic mass is 10.1. The van der Waals surface area contributed by atoms with Crippen LogP contribution in [0.25, 0.3) is 0 Å². The smallest absolute Gasteiger partial charge is 0.325 e. The van der Waals surface area contributed by atoms with Gasteiger partial charge in [-0.1, -0.05) is 11.8 Å². The van der Waals surface area contributed by atoms with Crippen molar-refractivity contribution in [1.82, 2.24) is 0 Å². The first kappa shape index (κ1) is 18.5. The molecule has 0 aromatic heterocycles. The highest BCUT2D eigenvalue weighted by molar-refractivity contribution is 8.00. The number of anilines is 1. The Hall–Kier alpha value is -1.52. The Kier molecular flexibility index (Phi) is 5.65. The molecule has 0 radical (unpaired) electrons. The zero-order valence-electron chi connectivity index (χ0n) is 10.4. The number of halogens is 8. The van der Waals surface area contributed by atoms with Gasteiger partial charge in [0.15, 0.2) is 0 Å². The Labute approximate surface area is 122 Å². The van der Waals surface area contributed by atoms with Crippen molar-refractivity contribution >= 4 is 23.4 Å². The van der Waals surface area contributed by atoms with Gasteiger partial charge in [0.05, 0.1) is 16.9 Å². The summed E-state index contributed by atoms with van der Waals surface area (Å²) >= 11 is -0.112. The van der Waals surface area contributed by atoms with E-state index in [1.165, 1.54) is 0 Å². The maximum absolute atomic E-state index is 12.5. The minimum atomic E-state index is -5.06. The Morgan fingerprint density at radius 1 is 1.00 bits per heavy atom. The van der Waals surface area contributed by atoms with E-state index in [1.54, 1.807) is 5.32 Å². The van der Waals surface area contributed by atoms with Crippen molar-refractivity contribution in [3.63, 3.8) is 0 Å². The molecule has 1 aromatic rings. The van der Waals surface area contributed by atoms with E-state index in [1.807, 2.05) is 0 Å². The number of thioether (sulfide) groups is 1. The highest BCUT2D eigenvalue weighted by Gasteiger charge is 2.37. The zero-order chi connectivity index (χ0) is 17.1. The molecule has 0 aliphatic heterocycles. The first-order valence-electron chi connectivity index (χ1n) is 5.38. The minimum Gasteiger partial charge on any atom is -0.325 e. The van der Waals surface area contributed by atoms with Gasteiger partial charge in [0, 0.05) is 5.69 Å². The van der Waals surface area contributed by atoms with Gasteiger partial charge in [0.2, 0.25) is 5.91 Å². The molecule has 0 unspecified atom stereocenters. The van der Waals surface area contributed by atoms with Crippen LogP contribution in [0.5, 0.6) is 0 Å². The molecule has 124 valence electrons. The first-order valence-corrected chi connectivity index (χ1v) is 6.43. The zero-order valence-corrected chi connectivity index (χ0v) is 11.2. The number of benzene rings is 1. The summed E-state index contributed by atoms with van der Waals surface area (Å²) < 4.78 is 99.0. The average Bonchev–Trinajstić information content (AvgIpc) is 2.34. The number of rotatable bonds is 4. The largest absolute Gasteiger partial charge is 0.416 e. The minimum absolute atomic E-state index is 0.108. The van der Waals surface area contributed by atoms with Crippen LogP contribution < -0.4 is 5.32 Å². The molecule has 0 aliphatic rings. The van der Waals surface area contributed by atoms with Gasteiger partial charge in [-0.05, 0) is 18.2 Å². The normalized spacial score (nSPS) is 12.6. The topological polar surface area (TPSA) is 29.1 Å². The number of carbonyl (C=O) groups is 1. The summed E-state index contributed by atoms with van der Waals surface area (Å²) in [5, 5.41) is 1.73. The molecule has 0 bridgehead atoms. The summed E-state index contributed by atoms with van der Waals surface area (Å²) in [6.45, 7) is 0. The molecule has 0 aliphatic carbocycles. The van der Waals surface area contributed by atoms with Crippen LogP contribution in [0.15, 0.2) is 18.2 Å². The van der Waals surface area contributed by atoms with E-state index in [2.05, 4.69) is 0 Å². The van der Waals surface area contributed by atoms with Gasteiger partial charge in [0.1, 0.15) is 0 Å². The lowest BCUT2D eigenvalue weighted by molar-refractivity contribution is -0.143. The van der Waals surface area contributed by atoms with Crippen LogP contribution in [0, 0.1) is 0 Å². The van der Waals surface area contributed by atoms with Crippen LogP contribution in [0.4, 0.5) is 40.8 Å². The molecule has 0 saturated carbocycles. The van der Waals surface area contributed by atoms with Crippen molar-refractivity contribution < 1.29 is 39.9 Å². The highest BCUT2D eigenvalue weighted by atomic mass is 32.2. The number of amides is 1. The van der Waals surface area contributed by atoms with E-state index in [-0.39, 0.29) is 17.8 Å². The maximum Gasteiger partial charge on any atom is 0.416 e. The number of hydrogen-bond acceptors (Lipinski definition) is 2. The second kappa shape index (κ2) is 6.71. The molecule has 1 amide bonds. The standard InChI is InChI=1S/C11H7F8NOS/c12-9(13)22-4-8(21)20-7-2-5(10(14,15)16)1-6(3-7)11(17,18)19/h1-3,9H,4H2,(H,20,21). The molecule has 2 nitrogen and oxygen atoms in total. The SMILES string of the molecule is O=C(CSC(F)F)Nc1cc(C(F)(F)F)cc(C(F)(F)F)c1. The lowest BCUT2D eigenvalue weighted by Crippen LogP contribution is -2.17. The molecule has 1 aromatic carbocycles. The molecule has 11 heteroatoms. The van der Waals surface area contributed by atoms with E-state index >= 15 is 0 Å². The van der Waals surface area contributed by atoms with Crippen molar-refractivity contribution in [1.29, 1.82) is 0 Å². The van der Waals surface area contributed by atoms with Gasteiger partial charge in [-0.2, -0.15) is 35.1 Å². The van der Waals surface area contributed by atoms with Gasteiger partial charge < -0.3 is 5.32 Å². The summed E-state index contributed by atoms with van der Waals surface area (Å²) in [6.07, 6.45) is -10.1. The van der Waals surface area contributed by atoms with Crippen LogP contribution in [-0.2, 0) is 17.1 Å². The van der Waals surface area contributed by atoms with Crippen LogP contribution in [-0.4, -0.2) is 17.4 Å². The van der Waals surface area contributed by atoms with Crippen molar-refractivity contribution in [2.24, 2.45) is 0 Å². The summed E-state index contributed by atoms with van der Waals surface area (Å²) in [6, 6.07) is 0.476. The van der Waals surface area contributed by atoms with Crippen LogP contribution in [0.2, 0.25) is 0 Å². The molecule has 0 saturated heterocycles. The third-order valence-corrected chi connectivity index (χ3v) is 2.89. The molecular weight excluding hydrogens is 346 g/mol. The van der Waals surface area contributed by atoms with Gasteiger partial charge >= 0.3 is 12.4 Å². The molecule has 0 spiro atoms. The van der Waals surface area contributed by atoms with Crippen molar-refractivity contribution in [2.45, 2.75) is 18.1 Å². The number of carbonyl (C=O) groups excluding carboxylic acids is 1. The molecule has 0 fully saturated rings. The van der Waals surface area contributed by atoms with Crippen LogP contribution >= 0.6 is 11.8 Å². The monoisotopic (exact) mass is 353 g/mol. The van der Waals surface area contributed by atoms with E-state index in [0.29, 0.717) is 12.1 Å². The average molecular weight is 353 g/mol. The fourth-order valence-electron chi connectivity index (χ4n) is 1.36. The van der Waals surface area contributed by atoms with E-state index in [9.17, 15) is 39.9 Å². The van der Waals surface area contributed by atoms with Gasteiger partial charge in [-0.25, -0.2) is 0 Å². The van der Waals surface area contributed by atoms with Gasteiger partial charge in [0.25, 0.3) is 5.76 Å². The fraction of sp³-hybridized carbons (Fsp3) is 0.364. The number of hydrogen-bond donors (Lipinski definition) is 1. The van der Waals surface area contributed by atoms with E-state index in [4.69, 9.17) is 0 Å². The third-order valence-electron chi connectivity index (χ3n) is 2.21. The van der Waals surface area contributed by atoms with Crippen molar-refractivity contribution in [2.75, 3.05) is 11.1 Å². The summed E-state index contributed by atoms with van der Waals surface area (Å²) in [5.41, 5.74) is -4.00. The molecule has 1 N–H and O–H groups in total. The second-order valence-corrected chi connectivity index (χ2v) is 4.89. The van der Waals surface area contributed by atoms with Gasteiger partial charge in [-0.3, -0.25) is 4.79 Å². The first-order chi connectivity index (χ1) is 9.89. The van der Waals surface area contributed by atoms with Crippen molar-refractivity contribution in [3.05, 3.63) is 29.3 Å². The maximum atomic E-state index is 12.5. The Morgan fingerprint density at radius 2 is 1.45 bits per heavy atom. The predicted molar refractivity (Wildman–Crippen MR) is 63.5 cm³/mol.